The normalized spacial score (nSPS) is 16.4. The van der Waals surface area contributed by atoms with Crippen molar-refractivity contribution < 1.29 is 24.1 Å². The first-order valence-electron chi connectivity index (χ1n) is 12.4. The first kappa shape index (κ1) is 26.7. The van der Waals surface area contributed by atoms with Gasteiger partial charge in [-0.3, -0.25) is 9.78 Å². The molecule has 5 rings (SSSR count). The van der Waals surface area contributed by atoms with E-state index in [1.54, 1.807) is 36.5 Å². The lowest BCUT2D eigenvalue weighted by atomic mass is 10.0. The van der Waals surface area contributed by atoms with Crippen LogP contribution in [0.15, 0.2) is 67.1 Å². The molecule has 0 spiro atoms. The molecule has 2 aromatic heterocycles. The summed E-state index contributed by atoms with van der Waals surface area (Å²) in [6.45, 7) is 0.0385. The van der Waals surface area contributed by atoms with Gasteiger partial charge in [0.1, 0.15) is 23.3 Å². The minimum absolute atomic E-state index is 0.00796. The lowest BCUT2D eigenvalue weighted by Gasteiger charge is -2.28. The first-order valence-corrected chi connectivity index (χ1v) is 12.4. The van der Waals surface area contributed by atoms with Gasteiger partial charge in [-0.2, -0.15) is 5.26 Å². The van der Waals surface area contributed by atoms with Crippen LogP contribution in [0, 0.1) is 17.1 Å². The predicted molar refractivity (Wildman–Crippen MR) is 145 cm³/mol. The molecule has 1 aliphatic rings. The van der Waals surface area contributed by atoms with E-state index in [1.165, 1.54) is 37.7 Å². The van der Waals surface area contributed by atoms with Crippen LogP contribution in [-0.4, -0.2) is 63.5 Å². The molecule has 3 N–H and O–H groups in total. The summed E-state index contributed by atoms with van der Waals surface area (Å²) in [5, 5.41) is 32.7. The van der Waals surface area contributed by atoms with E-state index >= 15 is 0 Å². The molecule has 3 heterocycles. The van der Waals surface area contributed by atoms with Crippen LogP contribution in [0.4, 0.5) is 15.8 Å². The van der Waals surface area contributed by atoms with Gasteiger partial charge in [0.15, 0.2) is 5.82 Å². The van der Waals surface area contributed by atoms with Crippen LogP contribution in [0.2, 0.25) is 0 Å². The second-order valence-electron chi connectivity index (χ2n) is 9.18. The number of carbonyl (C=O) groups is 1. The average molecular weight is 541 g/mol. The van der Waals surface area contributed by atoms with Crippen molar-refractivity contribution >= 4 is 17.3 Å². The molecule has 0 saturated carbocycles. The molecule has 2 atom stereocenters. The van der Waals surface area contributed by atoms with Gasteiger partial charge in [0.2, 0.25) is 0 Å². The number of anilines is 2. The molecular formula is C29H25FN6O4. The number of amides is 1. The van der Waals surface area contributed by atoms with Gasteiger partial charge >= 0.3 is 0 Å². The van der Waals surface area contributed by atoms with Gasteiger partial charge in [0.05, 0.1) is 48.4 Å². The molecule has 40 heavy (non-hydrogen) atoms. The third-order valence-corrected chi connectivity index (χ3v) is 6.72. The average Bonchev–Trinajstić information content (AvgIpc) is 3.37. The van der Waals surface area contributed by atoms with E-state index in [0.717, 1.165) is 0 Å². The summed E-state index contributed by atoms with van der Waals surface area (Å²) >= 11 is 0. The molecule has 1 aliphatic heterocycles. The Hall–Kier alpha value is -4.92. The number of methoxy groups -OCH3 is 1. The number of pyridine rings is 1. The number of nitrogens with one attached hydrogen (secondary N) is 1. The summed E-state index contributed by atoms with van der Waals surface area (Å²) in [5.74, 6) is -0.950. The van der Waals surface area contributed by atoms with E-state index in [-0.39, 0.29) is 42.0 Å². The number of benzene rings is 2. The number of ether oxygens (including phenoxy) is 1. The zero-order valence-corrected chi connectivity index (χ0v) is 21.5. The van der Waals surface area contributed by atoms with E-state index in [4.69, 9.17) is 4.74 Å². The molecule has 202 valence electrons. The first-order chi connectivity index (χ1) is 19.4. The molecule has 11 heteroatoms. The van der Waals surface area contributed by atoms with Crippen molar-refractivity contribution in [3.8, 4) is 34.3 Å². The Labute approximate surface area is 229 Å². The number of halogens is 1. The van der Waals surface area contributed by atoms with E-state index in [9.17, 15) is 24.7 Å². The van der Waals surface area contributed by atoms with Crippen LogP contribution >= 0.6 is 0 Å². The van der Waals surface area contributed by atoms with Gasteiger partial charge in [0, 0.05) is 30.7 Å². The predicted octanol–water partition coefficient (Wildman–Crippen LogP) is 3.41. The number of aliphatic hydroxyl groups excluding tert-OH is 2. The Kier molecular flexibility index (Phi) is 7.63. The molecule has 10 nitrogen and oxygen atoms in total. The van der Waals surface area contributed by atoms with Gasteiger partial charge in [-0.05, 0) is 48.4 Å². The molecular weight excluding hydrogens is 515 g/mol. The van der Waals surface area contributed by atoms with Gasteiger partial charge in [-0.15, -0.1) is 0 Å². The van der Waals surface area contributed by atoms with Gasteiger partial charge in [0.25, 0.3) is 5.91 Å². The maximum Gasteiger partial charge on any atom is 0.274 e. The third kappa shape index (κ3) is 5.18. The zero-order valence-electron chi connectivity index (χ0n) is 21.5. The lowest BCUT2D eigenvalue weighted by Crippen LogP contribution is -2.33. The fourth-order valence-electron chi connectivity index (χ4n) is 4.82. The van der Waals surface area contributed by atoms with Crippen LogP contribution in [0.1, 0.15) is 22.5 Å². The summed E-state index contributed by atoms with van der Waals surface area (Å²) in [5.41, 5.74) is 2.70. The number of aliphatic hydroxyl groups is 2. The highest BCUT2D eigenvalue weighted by Crippen LogP contribution is 2.37. The highest BCUT2D eigenvalue weighted by Gasteiger charge is 2.32. The number of nitriles is 1. The van der Waals surface area contributed by atoms with Gasteiger partial charge < -0.3 is 25.2 Å². The Morgan fingerprint density at radius 2 is 2.10 bits per heavy atom. The van der Waals surface area contributed by atoms with Crippen molar-refractivity contribution in [2.24, 2.45) is 0 Å². The number of hydrogen-bond donors (Lipinski definition) is 3. The SMILES string of the molecule is COc1cccc(F)c1-c1nccc(C(=O)Nc2ccc(-c3ccncc3C#N)cc2N2C[C@@H](O)C[C@H]2CO)n1. The van der Waals surface area contributed by atoms with Crippen molar-refractivity contribution in [1.82, 2.24) is 15.0 Å². The van der Waals surface area contributed by atoms with Crippen LogP contribution in [0.3, 0.4) is 0 Å². The van der Waals surface area contributed by atoms with Crippen molar-refractivity contribution in [2.45, 2.75) is 18.6 Å². The second kappa shape index (κ2) is 11.4. The van der Waals surface area contributed by atoms with Gasteiger partial charge in [-0.1, -0.05) is 12.1 Å². The van der Waals surface area contributed by atoms with Crippen molar-refractivity contribution in [1.29, 1.82) is 5.26 Å². The second-order valence-corrected chi connectivity index (χ2v) is 9.18. The molecule has 0 radical (unpaired) electrons. The van der Waals surface area contributed by atoms with E-state index in [2.05, 4.69) is 26.3 Å². The Morgan fingerprint density at radius 3 is 2.88 bits per heavy atom. The summed E-state index contributed by atoms with van der Waals surface area (Å²) in [7, 11) is 1.40. The highest BCUT2D eigenvalue weighted by atomic mass is 19.1. The maximum atomic E-state index is 14.6. The number of carbonyl (C=O) groups excluding carboxylic acids is 1. The maximum absolute atomic E-state index is 14.6. The van der Waals surface area contributed by atoms with Crippen LogP contribution < -0.4 is 15.0 Å². The molecule has 1 fully saturated rings. The lowest BCUT2D eigenvalue weighted by molar-refractivity contribution is 0.102. The molecule has 0 unspecified atom stereocenters. The van der Waals surface area contributed by atoms with Gasteiger partial charge in [-0.25, -0.2) is 14.4 Å². The fourth-order valence-corrected chi connectivity index (χ4v) is 4.82. The fraction of sp³-hybridized carbons (Fsp3) is 0.207. The van der Waals surface area contributed by atoms with E-state index in [1.807, 2.05) is 4.90 Å². The Morgan fingerprint density at radius 1 is 1.25 bits per heavy atom. The molecule has 2 aromatic carbocycles. The standard InChI is InChI=1S/C29H25FN6O4/c1-40-26-4-2-3-22(30)27(26)28-33-10-8-24(34-28)29(39)35-23-6-5-17(21-7-9-32-14-18(21)13-31)11-25(23)36-15-20(38)12-19(36)16-37/h2-11,14,19-20,37-38H,12,15-16H2,1H3,(H,35,39)/t19-,20-/m0/s1. The Balaban J connectivity index is 1.53. The molecule has 0 aliphatic carbocycles. The smallest absolute Gasteiger partial charge is 0.274 e. The quantitative estimate of drug-likeness (QED) is 0.321. The number of β-amino-alcohol motifs (C(OH)–C–C–N with tert-alkyl or cyclic N) is 1. The van der Waals surface area contributed by atoms with E-state index in [0.29, 0.717) is 34.5 Å². The van der Waals surface area contributed by atoms with Crippen molar-refractivity contribution in [3.05, 3.63) is 84.2 Å². The van der Waals surface area contributed by atoms with Crippen molar-refractivity contribution in [3.63, 3.8) is 0 Å². The van der Waals surface area contributed by atoms with Crippen LogP contribution in [0.25, 0.3) is 22.5 Å². The summed E-state index contributed by atoms with van der Waals surface area (Å²) in [6.07, 6.45) is 4.10. The Bertz CT molecular complexity index is 1610. The zero-order chi connectivity index (χ0) is 28.2. The number of hydrogen-bond acceptors (Lipinski definition) is 9. The molecule has 1 saturated heterocycles. The monoisotopic (exact) mass is 540 g/mol. The number of aromatic nitrogens is 3. The topological polar surface area (TPSA) is 144 Å². The number of nitrogens with zero attached hydrogens (tertiary/aromatic N) is 5. The minimum atomic E-state index is -0.667. The summed E-state index contributed by atoms with van der Waals surface area (Å²) in [4.78, 5) is 27.6. The third-order valence-electron chi connectivity index (χ3n) is 6.72. The molecule has 4 aromatic rings. The highest BCUT2D eigenvalue weighted by molar-refractivity contribution is 6.05. The minimum Gasteiger partial charge on any atom is -0.496 e. The van der Waals surface area contributed by atoms with E-state index < -0.39 is 17.8 Å². The number of rotatable bonds is 7. The van der Waals surface area contributed by atoms with Crippen LogP contribution in [-0.2, 0) is 0 Å². The molecule has 1 amide bonds. The largest absolute Gasteiger partial charge is 0.496 e. The van der Waals surface area contributed by atoms with Crippen LogP contribution in [0.5, 0.6) is 5.75 Å². The summed E-state index contributed by atoms with van der Waals surface area (Å²) < 4.78 is 19.9. The van der Waals surface area contributed by atoms with Crippen molar-refractivity contribution in [2.75, 3.05) is 30.5 Å². The summed E-state index contributed by atoms with van der Waals surface area (Å²) in [6, 6.07) is 14.4. The molecule has 0 bridgehead atoms.